The van der Waals surface area contributed by atoms with Crippen molar-refractivity contribution in [2.75, 3.05) is 6.61 Å². The van der Waals surface area contributed by atoms with E-state index >= 15 is 0 Å². The van der Waals surface area contributed by atoms with E-state index in [-0.39, 0.29) is 6.61 Å². The van der Waals surface area contributed by atoms with Crippen LogP contribution in [0.15, 0.2) is 12.2 Å². The summed E-state index contributed by atoms with van der Waals surface area (Å²) in [5.41, 5.74) is -1.10. The van der Waals surface area contributed by atoms with Gasteiger partial charge in [-0.15, -0.1) is 0 Å². The Bertz CT molecular complexity index is 382. The summed E-state index contributed by atoms with van der Waals surface area (Å²) in [5.74, 6) is 0. The van der Waals surface area contributed by atoms with Crippen LogP contribution in [0.2, 0.25) is 0 Å². The molecule has 0 fully saturated rings. The number of rotatable bonds is 24. The van der Waals surface area contributed by atoms with Crippen LogP contribution in [0.5, 0.6) is 0 Å². The molecule has 0 aliphatic heterocycles. The molecule has 3 nitrogen and oxygen atoms in total. The maximum absolute atomic E-state index is 10.5. The van der Waals surface area contributed by atoms with Crippen molar-refractivity contribution in [1.29, 1.82) is 0 Å². The number of hydrogen-bond acceptors (Lipinski definition) is 3. The maximum Gasteiger partial charge on any atom is 0.106 e. The molecule has 0 saturated heterocycles. The molecule has 0 bridgehead atoms. The molecule has 186 valence electrons. The largest absolute Gasteiger partial charge is 0.394 e. The Morgan fingerprint density at radius 2 is 1.00 bits per heavy atom. The van der Waals surface area contributed by atoms with Crippen molar-refractivity contribution in [3.05, 3.63) is 12.2 Å². The van der Waals surface area contributed by atoms with Gasteiger partial charge in [-0.2, -0.15) is 0 Å². The summed E-state index contributed by atoms with van der Waals surface area (Å²) in [7, 11) is 0. The van der Waals surface area contributed by atoms with Crippen molar-refractivity contribution in [3.8, 4) is 0 Å². The van der Waals surface area contributed by atoms with Crippen molar-refractivity contribution in [1.82, 2.24) is 0 Å². The molecule has 0 amide bonds. The number of hydrogen-bond donors (Lipinski definition) is 3. The highest BCUT2D eigenvalue weighted by molar-refractivity contribution is 4.85. The molecule has 0 radical (unpaired) electrons. The van der Waals surface area contributed by atoms with E-state index in [1.165, 1.54) is 103 Å². The number of allylic oxidation sites excluding steroid dienone is 2. The van der Waals surface area contributed by atoms with Gasteiger partial charge >= 0.3 is 0 Å². The topological polar surface area (TPSA) is 60.7 Å². The van der Waals surface area contributed by atoms with Crippen LogP contribution < -0.4 is 0 Å². The van der Waals surface area contributed by atoms with Crippen LogP contribution in [0.1, 0.15) is 149 Å². The molecule has 0 aromatic carbocycles. The summed E-state index contributed by atoms with van der Waals surface area (Å²) < 4.78 is 0. The van der Waals surface area contributed by atoms with E-state index in [1.54, 1.807) is 0 Å². The van der Waals surface area contributed by atoms with Crippen molar-refractivity contribution in [2.24, 2.45) is 0 Å². The predicted molar refractivity (Wildman–Crippen MR) is 135 cm³/mol. The van der Waals surface area contributed by atoms with Gasteiger partial charge in [0.25, 0.3) is 0 Å². The quantitative estimate of drug-likeness (QED) is 0.106. The Kier molecular flexibility index (Phi) is 22.5. The summed E-state index contributed by atoms with van der Waals surface area (Å²) in [6.07, 6.45) is 29.2. The molecule has 0 aromatic heterocycles. The number of unbranched alkanes of at least 4 members (excludes halogenated alkanes) is 16. The first-order valence-corrected chi connectivity index (χ1v) is 13.8. The fourth-order valence-electron chi connectivity index (χ4n) is 4.45. The number of aliphatic hydroxyl groups is 3. The molecule has 0 aliphatic carbocycles. The highest BCUT2D eigenvalue weighted by Crippen LogP contribution is 2.25. The third kappa shape index (κ3) is 18.9. The van der Waals surface area contributed by atoms with Gasteiger partial charge in [0.15, 0.2) is 0 Å². The second-order valence-corrected chi connectivity index (χ2v) is 9.65. The third-order valence-electron chi connectivity index (χ3n) is 6.60. The van der Waals surface area contributed by atoms with E-state index in [9.17, 15) is 10.2 Å². The zero-order valence-electron chi connectivity index (χ0n) is 21.1. The van der Waals surface area contributed by atoms with Crippen molar-refractivity contribution in [3.63, 3.8) is 0 Å². The molecule has 2 atom stereocenters. The Balaban J connectivity index is 3.37. The highest BCUT2D eigenvalue weighted by atomic mass is 16.4. The lowest BCUT2D eigenvalue weighted by molar-refractivity contribution is -0.105. The van der Waals surface area contributed by atoms with Gasteiger partial charge in [-0.25, -0.2) is 0 Å². The molecule has 3 heteroatoms. The normalized spacial score (nSPS) is 14.9. The summed E-state index contributed by atoms with van der Waals surface area (Å²) in [6, 6.07) is 0. The Morgan fingerprint density at radius 3 is 1.42 bits per heavy atom. The van der Waals surface area contributed by atoms with Gasteiger partial charge in [0, 0.05) is 0 Å². The Labute approximate surface area is 194 Å². The lowest BCUT2D eigenvalue weighted by atomic mass is 9.86. The Morgan fingerprint density at radius 1 is 0.581 bits per heavy atom. The van der Waals surface area contributed by atoms with Gasteiger partial charge in [-0.1, -0.05) is 122 Å². The first kappa shape index (κ1) is 30.6. The Hall–Kier alpha value is -0.380. The summed E-state index contributed by atoms with van der Waals surface area (Å²) in [4.78, 5) is 0. The molecule has 0 aliphatic rings. The summed E-state index contributed by atoms with van der Waals surface area (Å²) in [5, 5.41) is 29.5. The first-order valence-electron chi connectivity index (χ1n) is 13.8. The van der Waals surface area contributed by atoms with Gasteiger partial charge in [0.1, 0.15) is 6.10 Å². The van der Waals surface area contributed by atoms with E-state index in [4.69, 9.17) is 5.11 Å². The second kappa shape index (κ2) is 22.8. The van der Waals surface area contributed by atoms with E-state index in [2.05, 4.69) is 19.1 Å². The third-order valence-corrected chi connectivity index (χ3v) is 6.60. The minimum atomic E-state index is -1.10. The monoisotopic (exact) mass is 440 g/mol. The molecule has 0 spiro atoms. The molecular formula is C28H56O3. The van der Waals surface area contributed by atoms with Gasteiger partial charge < -0.3 is 15.3 Å². The molecule has 0 saturated carbocycles. The van der Waals surface area contributed by atoms with Crippen LogP contribution in [0.25, 0.3) is 0 Å². The minimum absolute atomic E-state index is 0.355. The molecule has 3 N–H and O–H groups in total. The zero-order chi connectivity index (χ0) is 23.0. The van der Waals surface area contributed by atoms with Crippen LogP contribution in [-0.2, 0) is 0 Å². The molecule has 0 aromatic rings. The van der Waals surface area contributed by atoms with Gasteiger partial charge in [0.05, 0.1) is 12.2 Å². The summed E-state index contributed by atoms with van der Waals surface area (Å²) >= 11 is 0. The lowest BCUT2D eigenvalue weighted by Crippen LogP contribution is -2.44. The van der Waals surface area contributed by atoms with Crippen LogP contribution in [-0.4, -0.2) is 33.6 Å². The van der Waals surface area contributed by atoms with Crippen LogP contribution in [0.4, 0.5) is 0 Å². The van der Waals surface area contributed by atoms with Crippen molar-refractivity contribution in [2.45, 2.75) is 160 Å². The molecule has 0 rings (SSSR count). The maximum atomic E-state index is 10.5. The van der Waals surface area contributed by atoms with E-state index in [0.29, 0.717) is 12.8 Å². The fraction of sp³-hybridized carbons (Fsp3) is 0.929. The van der Waals surface area contributed by atoms with Crippen LogP contribution in [0, 0.1) is 0 Å². The highest BCUT2D eigenvalue weighted by Gasteiger charge is 2.33. The minimum Gasteiger partial charge on any atom is -0.394 e. The van der Waals surface area contributed by atoms with Gasteiger partial charge in [0.2, 0.25) is 0 Å². The average Bonchev–Trinajstić information content (AvgIpc) is 2.77. The van der Waals surface area contributed by atoms with E-state index in [1.807, 2.05) is 6.92 Å². The molecular weight excluding hydrogens is 384 g/mol. The second-order valence-electron chi connectivity index (χ2n) is 9.65. The van der Waals surface area contributed by atoms with Crippen LogP contribution >= 0.6 is 0 Å². The van der Waals surface area contributed by atoms with Crippen molar-refractivity contribution >= 4 is 0 Å². The number of aliphatic hydroxyl groups excluding tert-OH is 2. The smallest absolute Gasteiger partial charge is 0.106 e. The van der Waals surface area contributed by atoms with Crippen molar-refractivity contribution < 1.29 is 15.3 Å². The summed E-state index contributed by atoms with van der Waals surface area (Å²) in [6.45, 7) is 3.92. The fourth-order valence-corrected chi connectivity index (χ4v) is 4.45. The van der Waals surface area contributed by atoms with E-state index < -0.39 is 11.7 Å². The van der Waals surface area contributed by atoms with Gasteiger partial charge in [-0.3, -0.25) is 0 Å². The predicted octanol–water partition coefficient (Wildman–Crippen LogP) is 7.86. The molecule has 2 unspecified atom stereocenters. The van der Waals surface area contributed by atoms with E-state index in [0.717, 1.165) is 19.3 Å². The van der Waals surface area contributed by atoms with Crippen LogP contribution in [0.3, 0.4) is 0 Å². The standard InChI is InChI=1S/C28H56O3/c1-3-5-6-7-8-9-10-11-12-13-14-15-16-17-18-19-20-21-22-23-25-28(31,24-4-2)27(30)26-29/h11-12,27,29-31H,3-10,13-26H2,1-2H3/b12-11+. The molecule has 0 heterocycles. The average molecular weight is 441 g/mol. The van der Waals surface area contributed by atoms with Gasteiger partial charge in [-0.05, 0) is 38.5 Å². The zero-order valence-corrected chi connectivity index (χ0v) is 21.1. The lowest BCUT2D eigenvalue weighted by Gasteiger charge is -2.32. The molecule has 31 heavy (non-hydrogen) atoms. The first-order chi connectivity index (χ1) is 15.1. The SMILES string of the molecule is CCCCCCCC/C=C/CCCCCCCCCCCCC(O)(CCC)C(O)CO.